The van der Waals surface area contributed by atoms with Gasteiger partial charge in [0.05, 0.1) is 6.10 Å². The quantitative estimate of drug-likeness (QED) is 0.720. The van der Waals surface area contributed by atoms with Crippen LogP contribution in [0.2, 0.25) is 5.02 Å². The SMILES string of the molecule is C[C@H](O)[CH]c1ccc(Cl)cc1. The molecule has 1 nitrogen and oxygen atoms in total. The van der Waals surface area contributed by atoms with Crippen LogP contribution in [-0.2, 0) is 0 Å². The number of benzene rings is 1. The second-order valence-electron chi connectivity index (χ2n) is 2.46. The molecule has 0 bridgehead atoms. The van der Waals surface area contributed by atoms with Crippen molar-refractivity contribution in [2.45, 2.75) is 13.0 Å². The van der Waals surface area contributed by atoms with Crippen LogP contribution in [0, 0.1) is 6.42 Å². The van der Waals surface area contributed by atoms with E-state index in [-0.39, 0.29) is 0 Å². The van der Waals surface area contributed by atoms with Gasteiger partial charge in [0.25, 0.3) is 0 Å². The van der Waals surface area contributed by atoms with Crippen molar-refractivity contribution in [1.29, 1.82) is 0 Å². The van der Waals surface area contributed by atoms with Crippen molar-refractivity contribution in [2.24, 2.45) is 0 Å². The van der Waals surface area contributed by atoms with E-state index in [0.29, 0.717) is 5.02 Å². The van der Waals surface area contributed by atoms with Crippen molar-refractivity contribution in [3.63, 3.8) is 0 Å². The molecule has 0 aliphatic rings. The molecule has 1 aromatic carbocycles. The van der Waals surface area contributed by atoms with E-state index in [1.165, 1.54) is 0 Å². The lowest BCUT2D eigenvalue weighted by Crippen LogP contribution is -2.00. The predicted octanol–water partition coefficient (Wildman–Crippen LogP) is 2.27. The molecule has 59 valence electrons. The van der Waals surface area contributed by atoms with E-state index in [1.54, 1.807) is 25.5 Å². The van der Waals surface area contributed by atoms with E-state index in [4.69, 9.17) is 16.7 Å². The molecule has 0 spiro atoms. The van der Waals surface area contributed by atoms with Gasteiger partial charge in [-0.1, -0.05) is 23.7 Å². The maximum Gasteiger partial charge on any atom is 0.0587 e. The second-order valence-corrected chi connectivity index (χ2v) is 2.90. The van der Waals surface area contributed by atoms with Gasteiger partial charge in [0, 0.05) is 11.4 Å². The van der Waals surface area contributed by atoms with E-state index in [1.807, 2.05) is 12.1 Å². The fourth-order valence-electron chi connectivity index (χ4n) is 0.852. The Kier molecular flexibility index (Phi) is 2.92. The molecule has 0 heterocycles. The van der Waals surface area contributed by atoms with Crippen molar-refractivity contribution in [2.75, 3.05) is 0 Å². The summed E-state index contributed by atoms with van der Waals surface area (Å²) in [4.78, 5) is 0. The Balaban J connectivity index is 2.66. The zero-order valence-electron chi connectivity index (χ0n) is 6.29. The van der Waals surface area contributed by atoms with Gasteiger partial charge in [-0.05, 0) is 24.6 Å². The van der Waals surface area contributed by atoms with Gasteiger partial charge in [-0.15, -0.1) is 0 Å². The van der Waals surface area contributed by atoms with Gasteiger partial charge in [0.15, 0.2) is 0 Å². The van der Waals surface area contributed by atoms with Crippen LogP contribution in [0.3, 0.4) is 0 Å². The summed E-state index contributed by atoms with van der Waals surface area (Å²) in [6.45, 7) is 1.72. The van der Waals surface area contributed by atoms with E-state index < -0.39 is 6.10 Å². The van der Waals surface area contributed by atoms with Crippen molar-refractivity contribution in [3.05, 3.63) is 41.3 Å². The number of hydrogen-bond donors (Lipinski definition) is 1. The van der Waals surface area contributed by atoms with Crippen molar-refractivity contribution >= 4 is 11.6 Å². The zero-order valence-corrected chi connectivity index (χ0v) is 7.05. The highest BCUT2D eigenvalue weighted by molar-refractivity contribution is 6.30. The van der Waals surface area contributed by atoms with Crippen LogP contribution in [0.25, 0.3) is 0 Å². The molecule has 0 amide bonds. The number of aliphatic hydroxyl groups is 1. The van der Waals surface area contributed by atoms with Crippen LogP contribution in [0.5, 0.6) is 0 Å². The highest BCUT2D eigenvalue weighted by Gasteiger charge is 1.97. The lowest BCUT2D eigenvalue weighted by atomic mass is 10.1. The Bertz CT molecular complexity index is 216. The van der Waals surface area contributed by atoms with Crippen LogP contribution in [-0.4, -0.2) is 11.2 Å². The number of halogens is 1. The monoisotopic (exact) mass is 169 g/mol. The fourth-order valence-corrected chi connectivity index (χ4v) is 0.978. The first-order valence-corrected chi connectivity index (χ1v) is 3.85. The summed E-state index contributed by atoms with van der Waals surface area (Å²) in [7, 11) is 0. The lowest BCUT2D eigenvalue weighted by molar-refractivity contribution is 0.231. The first kappa shape index (κ1) is 8.57. The van der Waals surface area contributed by atoms with E-state index in [2.05, 4.69) is 0 Å². The Hall–Kier alpha value is -0.530. The molecular weight excluding hydrogens is 160 g/mol. The third-order valence-corrected chi connectivity index (χ3v) is 1.56. The predicted molar refractivity (Wildman–Crippen MR) is 46.5 cm³/mol. The molecule has 11 heavy (non-hydrogen) atoms. The summed E-state index contributed by atoms with van der Waals surface area (Å²) in [6, 6.07) is 7.34. The van der Waals surface area contributed by atoms with E-state index in [9.17, 15) is 0 Å². The van der Waals surface area contributed by atoms with Crippen LogP contribution >= 0.6 is 11.6 Å². The largest absolute Gasteiger partial charge is 0.393 e. The van der Waals surface area contributed by atoms with E-state index >= 15 is 0 Å². The van der Waals surface area contributed by atoms with Gasteiger partial charge >= 0.3 is 0 Å². The smallest absolute Gasteiger partial charge is 0.0587 e. The molecular formula is C9H10ClO. The first-order valence-electron chi connectivity index (χ1n) is 3.47. The molecule has 1 N–H and O–H groups in total. The van der Waals surface area contributed by atoms with Crippen molar-refractivity contribution in [1.82, 2.24) is 0 Å². The summed E-state index contributed by atoms with van der Waals surface area (Å²) >= 11 is 5.67. The molecule has 1 rings (SSSR count). The van der Waals surface area contributed by atoms with Gasteiger partial charge in [-0.3, -0.25) is 0 Å². The van der Waals surface area contributed by atoms with Crippen LogP contribution in [0.4, 0.5) is 0 Å². The molecule has 0 unspecified atom stereocenters. The van der Waals surface area contributed by atoms with Gasteiger partial charge in [-0.25, -0.2) is 0 Å². The first-order chi connectivity index (χ1) is 5.18. The molecule has 1 radical (unpaired) electrons. The Labute approximate surface area is 71.6 Å². The number of aliphatic hydroxyl groups excluding tert-OH is 1. The topological polar surface area (TPSA) is 20.2 Å². The summed E-state index contributed by atoms with van der Waals surface area (Å²) < 4.78 is 0. The van der Waals surface area contributed by atoms with Gasteiger partial charge in [0.1, 0.15) is 0 Å². The maximum atomic E-state index is 8.99. The van der Waals surface area contributed by atoms with Crippen LogP contribution in [0.15, 0.2) is 24.3 Å². The zero-order chi connectivity index (χ0) is 8.27. The summed E-state index contributed by atoms with van der Waals surface area (Å²) in [5, 5.41) is 9.70. The molecule has 1 atom stereocenters. The Morgan fingerprint density at radius 1 is 1.36 bits per heavy atom. The molecule has 1 aromatic rings. The summed E-state index contributed by atoms with van der Waals surface area (Å²) in [6.07, 6.45) is 1.35. The molecule has 0 saturated heterocycles. The summed E-state index contributed by atoms with van der Waals surface area (Å²) in [5.74, 6) is 0. The van der Waals surface area contributed by atoms with Crippen LogP contribution in [0.1, 0.15) is 12.5 Å². The standard InChI is InChI=1S/C9H10ClO/c1-7(11)6-8-2-4-9(10)5-3-8/h2-7,11H,1H3/t7-/m0/s1. The average molecular weight is 170 g/mol. The third-order valence-electron chi connectivity index (χ3n) is 1.30. The van der Waals surface area contributed by atoms with Gasteiger partial charge in [-0.2, -0.15) is 0 Å². The second kappa shape index (κ2) is 3.74. The van der Waals surface area contributed by atoms with E-state index in [0.717, 1.165) is 5.56 Å². The Morgan fingerprint density at radius 2 is 1.91 bits per heavy atom. The highest BCUT2D eigenvalue weighted by atomic mass is 35.5. The number of rotatable bonds is 2. The molecule has 0 aliphatic carbocycles. The molecule has 0 saturated carbocycles. The molecule has 2 heteroatoms. The van der Waals surface area contributed by atoms with Crippen molar-refractivity contribution in [3.8, 4) is 0 Å². The minimum Gasteiger partial charge on any atom is -0.393 e. The minimum absolute atomic E-state index is 0.406. The lowest BCUT2D eigenvalue weighted by Gasteiger charge is -2.02. The molecule has 0 fully saturated rings. The fraction of sp³-hybridized carbons (Fsp3) is 0.222. The third kappa shape index (κ3) is 2.91. The van der Waals surface area contributed by atoms with Gasteiger partial charge < -0.3 is 5.11 Å². The molecule has 0 aliphatic heterocycles. The minimum atomic E-state index is -0.406. The maximum absolute atomic E-state index is 8.99. The average Bonchev–Trinajstić information content (AvgIpc) is 1.93. The highest BCUT2D eigenvalue weighted by Crippen LogP contribution is 2.11. The van der Waals surface area contributed by atoms with Gasteiger partial charge in [0.2, 0.25) is 0 Å². The van der Waals surface area contributed by atoms with Crippen molar-refractivity contribution < 1.29 is 5.11 Å². The summed E-state index contributed by atoms with van der Waals surface area (Å²) in [5.41, 5.74) is 0.990. The molecule has 0 aromatic heterocycles. The number of hydrogen-bond acceptors (Lipinski definition) is 1. The van der Waals surface area contributed by atoms with Crippen LogP contribution < -0.4 is 0 Å². The Morgan fingerprint density at radius 3 is 2.36 bits per heavy atom. The normalized spacial score (nSPS) is 13.0.